The van der Waals surface area contributed by atoms with Crippen LogP contribution in [-0.4, -0.2) is 20.2 Å². The van der Waals surface area contributed by atoms with Crippen molar-refractivity contribution in [3.63, 3.8) is 0 Å². The molecule has 1 unspecified atom stereocenters. The van der Waals surface area contributed by atoms with E-state index in [-0.39, 0.29) is 6.04 Å². The largest absolute Gasteiger partial charge is 0.416 e. The van der Waals surface area contributed by atoms with Crippen LogP contribution < -0.4 is 5.32 Å². The Hall–Kier alpha value is -2.45. The van der Waals surface area contributed by atoms with Gasteiger partial charge in [0.25, 0.3) is 0 Å². The summed E-state index contributed by atoms with van der Waals surface area (Å²) in [4.78, 5) is 0. The van der Waals surface area contributed by atoms with Crippen LogP contribution in [0.25, 0.3) is 5.69 Å². The van der Waals surface area contributed by atoms with Crippen LogP contribution in [0.1, 0.15) is 29.9 Å². The molecule has 0 fully saturated rings. The van der Waals surface area contributed by atoms with Crippen LogP contribution in [0.15, 0.2) is 48.5 Å². The van der Waals surface area contributed by atoms with Gasteiger partial charge in [0.15, 0.2) is 5.82 Å². The van der Waals surface area contributed by atoms with Crippen LogP contribution >= 0.6 is 11.6 Å². The summed E-state index contributed by atoms with van der Waals surface area (Å²) in [6.07, 6.45) is -4.38. The van der Waals surface area contributed by atoms with Crippen LogP contribution in [0.4, 0.5) is 13.2 Å². The van der Waals surface area contributed by atoms with Crippen LogP contribution in [0.5, 0.6) is 0 Å². The molecule has 0 radical (unpaired) electrons. The third-order valence-electron chi connectivity index (χ3n) is 3.91. The number of alkyl halides is 3. The number of benzene rings is 2. The Morgan fingerprint density at radius 3 is 2.35 bits per heavy atom. The Morgan fingerprint density at radius 2 is 1.73 bits per heavy atom. The number of nitrogens with zero attached hydrogens (tertiary/aromatic N) is 4. The third-order valence-corrected chi connectivity index (χ3v) is 4.16. The predicted octanol–water partition coefficient (Wildman–Crippen LogP) is 4.19. The molecule has 0 aliphatic carbocycles. The van der Waals surface area contributed by atoms with E-state index in [4.69, 9.17) is 11.6 Å². The molecule has 3 rings (SSSR count). The van der Waals surface area contributed by atoms with Crippen molar-refractivity contribution in [2.24, 2.45) is 0 Å². The van der Waals surface area contributed by atoms with E-state index in [0.29, 0.717) is 23.1 Å². The zero-order valence-corrected chi connectivity index (χ0v) is 14.5. The molecule has 9 heteroatoms. The van der Waals surface area contributed by atoms with Gasteiger partial charge in [0.05, 0.1) is 17.8 Å². The number of halogens is 4. The number of nitrogens with one attached hydrogen (secondary N) is 1. The number of rotatable bonds is 5. The third kappa shape index (κ3) is 4.20. The van der Waals surface area contributed by atoms with Crippen molar-refractivity contribution in [3.05, 3.63) is 70.5 Å². The van der Waals surface area contributed by atoms with Gasteiger partial charge < -0.3 is 5.32 Å². The smallest absolute Gasteiger partial charge is 0.303 e. The maximum absolute atomic E-state index is 12.7. The zero-order chi connectivity index (χ0) is 18.7. The fourth-order valence-corrected chi connectivity index (χ4v) is 2.55. The van der Waals surface area contributed by atoms with Gasteiger partial charge in [0, 0.05) is 11.1 Å². The standard InChI is InChI=1S/C17H15ClF3N5/c1-11(12-2-6-14(18)7-3-12)22-10-16-23-24-25-26(16)15-8-4-13(5-9-15)17(19,20)21/h2-9,11,22H,10H2,1H3. The molecule has 0 spiro atoms. The molecule has 1 atom stereocenters. The summed E-state index contributed by atoms with van der Waals surface area (Å²) >= 11 is 5.88. The van der Waals surface area contributed by atoms with Crippen LogP contribution in [-0.2, 0) is 12.7 Å². The summed E-state index contributed by atoms with van der Waals surface area (Å²) in [5.74, 6) is 0.491. The van der Waals surface area contributed by atoms with Crippen molar-refractivity contribution in [2.45, 2.75) is 25.7 Å². The molecule has 5 nitrogen and oxygen atoms in total. The first kappa shape index (κ1) is 18.3. The molecule has 1 N–H and O–H groups in total. The highest BCUT2D eigenvalue weighted by Gasteiger charge is 2.30. The quantitative estimate of drug-likeness (QED) is 0.720. The van der Waals surface area contributed by atoms with E-state index in [9.17, 15) is 13.2 Å². The van der Waals surface area contributed by atoms with Crippen molar-refractivity contribution in [1.29, 1.82) is 0 Å². The van der Waals surface area contributed by atoms with E-state index in [1.807, 2.05) is 19.1 Å². The summed E-state index contributed by atoms with van der Waals surface area (Å²) in [6, 6.07) is 12.1. The molecule has 0 saturated carbocycles. The molecule has 0 amide bonds. The molecule has 1 heterocycles. The molecular weight excluding hydrogens is 367 g/mol. The van der Waals surface area contributed by atoms with Gasteiger partial charge in [-0.25, -0.2) is 0 Å². The normalized spacial score (nSPS) is 13.0. The van der Waals surface area contributed by atoms with Gasteiger partial charge in [-0.2, -0.15) is 17.9 Å². The summed E-state index contributed by atoms with van der Waals surface area (Å²) in [5.41, 5.74) is 0.785. The molecule has 0 bridgehead atoms. The predicted molar refractivity (Wildman–Crippen MR) is 90.9 cm³/mol. The second-order valence-corrected chi connectivity index (χ2v) is 6.14. The van der Waals surface area contributed by atoms with E-state index < -0.39 is 11.7 Å². The SMILES string of the molecule is CC(NCc1nnnn1-c1ccc(C(F)(F)F)cc1)c1ccc(Cl)cc1. The van der Waals surface area contributed by atoms with Crippen molar-refractivity contribution >= 4 is 11.6 Å². The van der Waals surface area contributed by atoms with Gasteiger partial charge in [0.1, 0.15) is 0 Å². The molecule has 3 aromatic rings. The number of aromatic nitrogens is 4. The van der Waals surface area contributed by atoms with Crippen LogP contribution in [0.2, 0.25) is 5.02 Å². The van der Waals surface area contributed by atoms with E-state index in [1.165, 1.54) is 16.8 Å². The summed E-state index contributed by atoms with van der Waals surface area (Å²) in [6.45, 7) is 2.33. The highest BCUT2D eigenvalue weighted by molar-refractivity contribution is 6.30. The molecule has 0 aliphatic heterocycles. The lowest BCUT2D eigenvalue weighted by Crippen LogP contribution is -2.20. The Balaban J connectivity index is 1.71. The minimum Gasteiger partial charge on any atom is -0.303 e. The summed E-state index contributed by atoms with van der Waals surface area (Å²) in [5, 5.41) is 15.4. The average Bonchev–Trinajstić information content (AvgIpc) is 3.08. The molecule has 2 aromatic carbocycles. The van der Waals surface area contributed by atoms with Gasteiger partial charge in [-0.1, -0.05) is 23.7 Å². The molecule has 26 heavy (non-hydrogen) atoms. The lowest BCUT2D eigenvalue weighted by molar-refractivity contribution is -0.137. The van der Waals surface area contributed by atoms with E-state index >= 15 is 0 Å². The highest BCUT2D eigenvalue weighted by atomic mass is 35.5. The maximum Gasteiger partial charge on any atom is 0.416 e. The lowest BCUT2D eigenvalue weighted by atomic mass is 10.1. The first-order chi connectivity index (χ1) is 12.3. The Kier molecular flexibility index (Phi) is 5.24. The number of tetrazole rings is 1. The van der Waals surface area contributed by atoms with E-state index in [2.05, 4.69) is 20.8 Å². The van der Waals surface area contributed by atoms with Gasteiger partial charge in [-0.3, -0.25) is 0 Å². The lowest BCUT2D eigenvalue weighted by Gasteiger charge is -2.14. The van der Waals surface area contributed by atoms with Gasteiger partial charge in [0.2, 0.25) is 0 Å². The first-order valence-electron chi connectivity index (χ1n) is 7.78. The van der Waals surface area contributed by atoms with Crippen molar-refractivity contribution in [1.82, 2.24) is 25.5 Å². The van der Waals surface area contributed by atoms with E-state index in [0.717, 1.165) is 17.7 Å². The summed E-state index contributed by atoms with van der Waals surface area (Å²) in [7, 11) is 0. The minimum absolute atomic E-state index is 0.0185. The monoisotopic (exact) mass is 381 g/mol. The highest BCUT2D eigenvalue weighted by Crippen LogP contribution is 2.29. The fraction of sp³-hybridized carbons (Fsp3) is 0.235. The Bertz CT molecular complexity index is 859. The number of hydrogen-bond acceptors (Lipinski definition) is 4. The van der Waals surface area contributed by atoms with Crippen molar-refractivity contribution < 1.29 is 13.2 Å². The maximum atomic E-state index is 12.7. The van der Waals surface area contributed by atoms with Gasteiger partial charge >= 0.3 is 6.18 Å². The van der Waals surface area contributed by atoms with E-state index in [1.54, 1.807) is 12.1 Å². The minimum atomic E-state index is -4.38. The molecule has 0 aliphatic rings. The molecule has 136 valence electrons. The average molecular weight is 382 g/mol. The summed E-state index contributed by atoms with van der Waals surface area (Å²) < 4.78 is 39.4. The van der Waals surface area contributed by atoms with Gasteiger partial charge in [-0.15, -0.1) is 5.10 Å². The molecular formula is C17H15ClF3N5. The number of hydrogen-bond donors (Lipinski definition) is 1. The Morgan fingerprint density at radius 1 is 1.08 bits per heavy atom. The van der Waals surface area contributed by atoms with Crippen molar-refractivity contribution in [2.75, 3.05) is 0 Å². The fourth-order valence-electron chi connectivity index (χ4n) is 2.42. The molecule has 1 aromatic heterocycles. The zero-order valence-electron chi connectivity index (χ0n) is 13.7. The first-order valence-corrected chi connectivity index (χ1v) is 8.16. The second-order valence-electron chi connectivity index (χ2n) is 5.71. The van der Waals surface area contributed by atoms with Crippen LogP contribution in [0, 0.1) is 0 Å². The second kappa shape index (κ2) is 7.43. The molecule has 0 saturated heterocycles. The Labute approximate surface area is 152 Å². The van der Waals surface area contributed by atoms with Crippen molar-refractivity contribution in [3.8, 4) is 5.69 Å². The van der Waals surface area contributed by atoms with Crippen LogP contribution in [0.3, 0.4) is 0 Å². The topological polar surface area (TPSA) is 55.6 Å². The van der Waals surface area contributed by atoms with Gasteiger partial charge in [-0.05, 0) is 59.3 Å².